The second-order valence-electron chi connectivity index (χ2n) is 6.94. The maximum absolute atomic E-state index is 13.3. The van der Waals surface area contributed by atoms with E-state index in [1.54, 1.807) is 27.7 Å². The van der Waals surface area contributed by atoms with Crippen molar-refractivity contribution in [1.82, 2.24) is 5.32 Å². The van der Waals surface area contributed by atoms with Gasteiger partial charge < -0.3 is 14.8 Å². The van der Waals surface area contributed by atoms with Gasteiger partial charge in [-0.15, -0.1) is 0 Å². The Balaban J connectivity index is 2.74. The molecule has 30 heavy (non-hydrogen) atoms. The Labute approximate surface area is 178 Å². The van der Waals surface area contributed by atoms with E-state index in [2.05, 4.69) is 17.9 Å². The van der Waals surface area contributed by atoms with Crippen LogP contribution in [0.5, 0.6) is 0 Å². The van der Waals surface area contributed by atoms with Gasteiger partial charge in [0.2, 0.25) is 0 Å². The summed E-state index contributed by atoms with van der Waals surface area (Å²) in [4.78, 5) is 25.6. The predicted octanol–water partition coefficient (Wildman–Crippen LogP) is 4.36. The van der Waals surface area contributed by atoms with E-state index in [1.165, 1.54) is 12.1 Å². The molecule has 0 aromatic heterocycles. The molecule has 1 aliphatic rings. The molecule has 164 valence electrons. The second kappa shape index (κ2) is 9.59. The molecule has 1 N–H and O–H groups in total. The zero-order chi connectivity index (χ0) is 22.6. The molecule has 1 unspecified atom stereocenters. The molecule has 0 saturated heterocycles. The van der Waals surface area contributed by atoms with Crippen molar-refractivity contribution in [2.45, 2.75) is 45.9 Å². The third-order valence-corrected chi connectivity index (χ3v) is 4.72. The summed E-state index contributed by atoms with van der Waals surface area (Å²) in [6, 6.07) is 4.54. The van der Waals surface area contributed by atoms with Crippen LogP contribution in [0.2, 0.25) is 0 Å². The van der Waals surface area contributed by atoms with E-state index in [4.69, 9.17) is 9.47 Å². The number of hydrogen-bond donors (Lipinski definition) is 2. The molecule has 1 aromatic carbocycles. The van der Waals surface area contributed by atoms with E-state index in [0.29, 0.717) is 11.4 Å². The monoisotopic (exact) mass is 443 g/mol. The van der Waals surface area contributed by atoms with Crippen molar-refractivity contribution in [3.05, 3.63) is 57.9 Å². The van der Waals surface area contributed by atoms with E-state index in [0.717, 1.165) is 12.1 Å². The minimum Gasteiger partial charge on any atom is -0.463 e. The topological polar surface area (TPSA) is 64.6 Å². The number of alkyl halides is 3. The lowest BCUT2D eigenvalue weighted by molar-refractivity contribution is -0.143. The number of carbonyl (C=O) groups is 2. The van der Waals surface area contributed by atoms with Crippen LogP contribution in [-0.2, 0) is 25.2 Å². The smallest absolute Gasteiger partial charge is 0.416 e. The molecule has 1 aliphatic heterocycles. The molecule has 0 bridgehead atoms. The SMILES string of the molecule is CCOC(=O)C1=C(CS)NC(C)=C(C(=O)OC(C)C)C1c1cccc(C(F)(F)F)c1. The summed E-state index contributed by atoms with van der Waals surface area (Å²) in [7, 11) is 0. The van der Waals surface area contributed by atoms with Gasteiger partial charge in [0.25, 0.3) is 0 Å². The highest BCUT2D eigenvalue weighted by molar-refractivity contribution is 7.80. The molecule has 0 aliphatic carbocycles. The zero-order valence-electron chi connectivity index (χ0n) is 17.1. The van der Waals surface area contributed by atoms with Crippen LogP contribution in [0.1, 0.15) is 44.7 Å². The third-order valence-electron chi connectivity index (χ3n) is 4.41. The quantitative estimate of drug-likeness (QED) is 0.505. The summed E-state index contributed by atoms with van der Waals surface area (Å²) >= 11 is 4.24. The Kier molecular flexibility index (Phi) is 7.63. The van der Waals surface area contributed by atoms with Crippen molar-refractivity contribution < 1.29 is 32.2 Å². The maximum Gasteiger partial charge on any atom is 0.416 e. The summed E-state index contributed by atoms with van der Waals surface area (Å²) < 4.78 is 50.4. The molecular weight excluding hydrogens is 419 g/mol. The van der Waals surface area contributed by atoms with Crippen LogP contribution in [0.15, 0.2) is 46.8 Å². The number of nitrogens with one attached hydrogen (secondary N) is 1. The number of halogens is 3. The fraction of sp³-hybridized carbons (Fsp3) is 0.429. The first-order valence-electron chi connectivity index (χ1n) is 9.38. The van der Waals surface area contributed by atoms with Crippen LogP contribution in [0.3, 0.4) is 0 Å². The van der Waals surface area contributed by atoms with Gasteiger partial charge in [-0.1, -0.05) is 18.2 Å². The molecule has 1 aromatic rings. The number of carbonyl (C=O) groups excluding carboxylic acids is 2. The molecule has 0 fully saturated rings. The molecule has 0 saturated carbocycles. The van der Waals surface area contributed by atoms with Gasteiger partial charge in [-0.05, 0) is 39.3 Å². The first kappa shape index (κ1) is 23.9. The number of thiol groups is 1. The Hall–Kier alpha value is -2.42. The normalized spacial score (nSPS) is 17.2. The molecule has 0 amide bonds. The summed E-state index contributed by atoms with van der Waals surface area (Å²) in [5, 5.41) is 2.96. The Bertz CT molecular complexity index is 890. The number of rotatable bonds is 6. The van der Waals surface area contributed by atoms with Gasteiger partial charge >= 0.3 is 18.1 Å². The highest BCUT2D eigenvalue weighted by Crippen LogP contribution is 2.41. The van der Waals surface area contributed by atoms with Gasteiger partial charge in [-0.25, -0.2) is 9.59 Å². The second-order valence-corrected chi connectivity index (χ2v) is 7.26. The molecule has 5 nitrogen and oxygen atoms in total. The van der Waals surface area contributed by atoms with Gasteiger partial charge in [0.05, 0.1) is 35.3 Å². The average molecular weight is 443 g/mol. The number of esters is 2. The van der Waals surface area contributed by atoms with E-state index < -0.39 is 35.7 Å². The summed E-state index contributed by atoms with van der Waals surface area (Å²) in [5.41, 5.74) is 0.0640. The van der Waals surface area contributed by atoms with Crippen molar-refractivity contribution in [1.29, 1.82) is 0 Å². The number of benzene rings is 1. The van der Waals surface area contributed by atoms with Gasteiger partial charge in [0, 0.05) is 17.1 Å². The zero-order valence-corrected chi connectivity index (χ0v) is 18.0. The van der Waals surface area contributed by atoms with Gasteiger partial charge in [-0.2, -0.15) is 25.8 Å². The maximum atomic E-state index is 13.3. The fourth-order valence-electron chi connectivity index (χ4n) is 3.25. The summed E-state index contributed by atoms with van der Waals surface area (Å²) in [6.07, 6.45) is -5.04. The van der Waals surface area contributed by atoms with E-state index in [1.807, 2.05) is 0 Å². The van der Waals surface area contributed by atoms with Crippen LogP contribution >= 0.6 is 12.6 Å². The first-order chi connectivity index (χ1) is 14.0. The van der Waals surface area contributed by atoms with Crippen LogP contribution < -0.4 is 5.32 Å². The standard InChI is InChI=1S/C21H24F3NO4S/c1-5-28-19(26)18-15(10-30)25-12(4)16(20(27)29-11(2)3)17(18)13-7-6-8-14(9-13)21(22,23)24/h6-9,11,17,25,30H,5,10H2,1-4H3. The predicted molar refractivity (Wildman–Crippen MR) is 109 cm³/mol. The average Bonchev–Trinajstić information content (AvgIpc) is 2.65. The molecule has 2 rings (SSSR count). The minimum absolute atomic E-state index is 0.0347. The molecule has 9 heteroatoms. The number of ether oxygens (including phenoxy) is 2. The molecule has 1 heterocycles. The van der Waals surface area contributed by atoms with E-state index >= 15 is 0 Å². The minimum atomic E-state index is -4.58. The van der Waals surface area contributed by atoms with Crippen LogP contribution in [0.4, 0.5) is 13.2 Å². The van der Waals surface area contributed by atoms with Gasteiger partial charge in [0.1, 0.15) is 0 Å². The number of dihydropyridines is 1. The largest absolute Gasteiger partial charge is 0.463 e. The highest BCUT2D eigenvalue weighted by Gasteiger charge is 2.40. The summed E-state index contributed by atoms with van der Waals surface area (Å²) in [6.45, 7) is 6.59. The highest BCUT2D eigenvalue weighted by atomic mass is 32.1. The van der Waals surface area contributed by atoms with Crippen molar-refractivity contribution in [2.75, 3.05) is 12.4 Å². The van der Waals surface area contributed by atoms with Gasteiger partial charge in [-0.3, -0.25) is 0 Å². The lowest BCUT2D eigenvalue weighted by Gasteiger charge is -2.31. The number of allylic oxidation sites excluding steroid dienone is 1. The lowest BCUT2D eigenvalue weighted by atomic mass is 9.80. The van der Waals surface area contributed by atoms with E-state index in [9.17, 15) is 22.8 Å². The van der Waals surface area contributed by atoms with Crippen molar-refractivity contribution in [3.63, 3.8) is 0 Å². The van der Waals surface area contributed by atoms with Crippen molar-refractivity contribution in [2.24, 2.45) is 0 Å². The third kappa shape index (κ3) is 5.19. The summed E-state index contributed by atoms with van der Waals surface area (Å²) in [5.74, 6) is -2.47. The van der Waals surface area contributed by atoms with Gasteiger partial charge in [0.15, 0.2) is 0 Å². The van der Waals surface area contributed by atoms with Crippen LogP contribution in [0, 0.1) is 0 Å². The molecule has 1 atom stereocenters. The lowest BCUT2D eigenvalue weighted by Crippen LogP contribution is -2.34. The Morgan fingerprint density at radius 3 is 2.40 bits per heavy atom. The fourth-order valence-corrected chi connectivity index (χ4v) is 3.50. The molecule has 0 radical (unpaired) electrons. The first-order valence-corrected chi connectivity index (χ1v) is 10.0. The van der Waals surface area contributed by atoms with E-state index in [-0.39, 0.29) is 29.1 Å². The van der Waals surface area contributed by atoms with Crippen LogP contribution in [-0.4, -0.2) is 30.4 Å². The Morgan fingerprint density at radius 2 is 1.87 bits per heavy atom. The number of hydrogen-bond acceptors (Lipinski definition) is 6. The molecular formula is C21H24F3NO4S. The van der Waals surface area contributed by atoms with Crippen LogP contribution in [0.25, 0.3) is 0 Å². The Morgan fingerprint density at radius 1 is 1.20 bits per heavy atom. The molecule has 0 spiro atoms. The van der Waals surface area contributed by atoms with Crippen molar-refractivity contribution in [3.8, 4) is 0 Å². The van der Waals surface area contributed by atoms with Crippen molar-refractivity contribution >= 4 is 24.6 Å².